The highest BCUT2D eigenvalue weighted by Gasteiger charge is 2.17. The Morgan fingerprint density at radius 3 is 2.75 bits per heavy atom. The van der Waals surface area contributed by atoms with E-state index in [-0.39, 0.29) is 4.90 Å². The first-order valence-electron chi connectivity index (χ1n) is 6.42. The van der Waals surface area contributed by atoms with Crippen LogP contribution in [0.3, 0.4) is 0 Å². The third-order valence-electron chi connectivity index (χ3n) is 3.05. The van der Waals surface area contributed by atoms with Gasteiger partial charge in [0.15, 0.2) is 0 Å². The Morgan fingerprint density at radius 2 is 2.10 bits per heavy atom. The van der Waals surface area contributed by atoms with Crippen molar-refractivity contribution in [2.45, 2.75) is 24.7 Å². The number of sulfonamides is 1. The number of hydrogen-bond acceptors (Lipinski definition) is 4. The van der Waals surface area contributed by atoms with Gasteiger partial charge in [-0.3, -0.25) is 0 Å². The number of nitrogen functional groups attached to an aromatic ring is 1. The summed E-state index contributed by atoms with van der Waals surface area (Å²) in [6.07, 6.45) is 1.34. The SMILES string of the molecule is CCc1ccc(N)cc1S(=O)(=O)NCCc1ccsc1. The van der Waals surface area contributed by atoms with E-state index in [1.54, 1.807) is 23.5 Å². The van der Waals surface area contributed by atoms with Gasteiger partial charge in [0.05, 0.1) is 4.90 Å². The molecule has 1 aromatic carbocycles. The van der Waals surface area contributed by atoms with Crippen molar-refractivity contribution in [3.8, 4) is 0 Å². The third-order valence-corrected chi connectivity index (χ3v) is 5.32. The molecule has 0 saturated heterocycles. The number of benzene rings is 1. The average Bonchev–Trinajstić information content (AvgIpc) is 2.91. The first-order valence-corrected chi connectivity index (χ1v) is 8.84. The van der Waals surface area contributed by atoms with Crippen molar-refractivity contribution < 1.29 is 8.42 Å². The van der Waals surface area contributed by atoms with Crippen LogP contribution in [0, 0.1) is 0 Å². The second-order valence-corrected chi connectivity index (χ2v) is 7.02. The minimum atomic E-state index is -3.51. The lowest BCUT2D eigenvalue weighted by Gasteiger charge is -2.11. The van der Waals surface area contributed by atoms with Gasteiger partial charge in [-0.05, 0) is 52.9 Å². The van der Waals surface area contributed by atoms with E-state index < -0.39 is 10.0 Å². The fraction of sp³-hybridized carbons (Fsp3) is 0.286. The quantitative estimate of drug-likeness (QED) is 0.805. The van der Waals surface area contributed by atoms with Crippen molar-refractivity contribution in [2.24, 2.45) is 0 Å². The molecule has 0 aliphatic rings. The molecule has 0 aliphatic heterocycles. The third kappa shape index (κ3) is 3.59. The average molecular weight is 310 g/mol. The maximum absolute atomic E-state index is 12.3. The fourth-order valence-corrected chi connectivity index (χ4v) is 4.03. The molecule has 0 bridgehead atoms. The van der Waals surface area contributed by atoms with Crippen LogP contribution in [0.5, 0.6) is 0 Å². The summed E-state index contributed by atoms with van der Waals surface area (Å²) in [5.41, 5.74) is 8.07. The Balaban J connectivity index is 2.11. The number of thiophene rings is 1. The van der Waals surface area contributed by atoms with E-state index in [0.29, 0.717) is 25.1 Å². The van der Waals surface area contributed by atoms with Crippen LogP contribution in [0.4, 0.5) is 5.69 Å². The van der Waals surface area contributed by atoms with Gasteiger partial charge in [-0.15, -0.1) is 0 Å². The van der Waals surface area contributed by atoms with E-state index in [9.17, 15) is 8.42 Å². The van der Waals surface area contributed by atoms with Crippen LogP contribution in [-0.2, 0) is 22.9 Å². The Bertz CT molecular complexity index is 664. The number of nitrogens with one attached hydrogen (secondary N) is 1. The number of rotatable bonds is 6. The molecule has 1 heterocycles. The molecule has 3 N–H and O–H groups in total. The van der Waals surface area contributed by atoms with Gasteiger partial charge < -0.3 is 5.73 Å². The summed E-state index contributed by atoms with van der Waals surface area (Å²) < 4.78 is 27.3. The van der Waals surface area contributed by atoms with E-state index in [1.165, 1.54) is 6.07 Å². The van der Waals surface area contributed by atoms with Crippen LogP contribution >= 0.6 is 11.3 Å². The minimum Gasteiger partial charge on any atom is -0.399 e. The smallest absolute Gasteiger partial charge is 0.240 e. The predicted octanol–water partition coefficient (Wildman–Crippen LogP) is 2.41. The molecule has 2 aromatic rings. The number of hydrogen-bond donors (Lipinski definition) is 2. The van der Waals surface area contributed by atoms with Crippen molar-refractivity contribution in [1.82, 2.24) is 4.72 Å². The van der Waals surface area contributed by atoms with Crippen molar-refractivity contribution in [3.63, 3.8) is 0 Å². The van der Waals surface area contributed by atoms with Gasteiger partial charge in [0, 0.05) is 12.2 Å². The van der Waals surface area contributed by atoms with Gasteiger partial charge in [0.25, 0.3) is 0 Å². The first kappa shape index (κ1) is 15.0. The molecule has 0 amide bonds. The molecule has 0 saturated carbocycles. The molecular weight excluding hydrogens is 292 g/mol. The highest BCUT2D eigenvalue weighted by molar-refractivity contribution is 7.89. The Morgan fingerprint density at radius 1 is 1.30 bits per heavy atom. The molecule has 1 aromatic heterocycles. The second-order valence-electron chi connectivity index (χ2n) is 4.50. The monoisotopic (exact) mass is 310 g/mol. The zero-order valence-corrected chi connectivity index (χ0v) is 12.9. The summed E-state index contributed by atoms with van der Waals surface area (Å²) >= 11 is 1.61. The van der Waals surface area contributed by atoms with E-state index in [4.69, 9.17) is 5.73 Å². The first-order chi connectivity index (χ1) is 9.53. The summed E-state index contributed by atoms with van der Waals surface area (Å²) in [6, 6.07) is 7.01. The molecule has 0 spiro atoms. The molecule has 0 unspecified atom stereocenters. The molecule has 2 rings (SSSR count). The molecular formula is C14H18N2O2S2. The highest BCUT2D eigenvalue weighted by atomic mass is 32.2. The lowest BCUT2D eigenvalue weighted by atomic mass is 10.1. The fourth-order valence-electron chi connectivity index (χ4n) is 1.96. The lowest BCUT2D eigenvalue weighted by molar-refractivity contribution is 0.580. The van der Waals surface area contributed by atoms with Crippen LogP contribution in [0.25, 0.3) is 0 Å². The summed E-state index contributed by atoms with van der Waals surface area (Å²) in [5.74, 6) is 0. The number of aryl methyl sites for hydroxylation is 1. The standard InChI is InChI=1S/C14H18N2O2S2/c1-2-12-3-4-13(15)9-14(12)20(17,18)16-7-5-11-6-8-19-10-11/h3-4,6,8-10,16H,2,5,7,15H2,1H3. The largest absolute Gasteiger partial charge is 0.399 e. The van der Waals surface area contributed by atoms with E-state index in [1.807, 2.05) is 23.8 Å². The summed E-state index contributed by atoms with van der Waals surface area (Å²) in [5, 5.41) is 4.00. The molecule has 4 nitrogen and oxygen atoms in total. The predicted molar refractivity (Wildman–Crippen MR) is 83.4 cm³/mol. The zero-order valence-electron chi connectivity index (χ0n) is 11.3. The highest BCUT2D eigenvalue weighted by Crippen LogP contribution is 2.19. The minimum absolute atomic E-state index is 0.283. The maximum Gasteiger partial charge on any atom is 0.240 e. The zero-order chi connectivity index (χ0) is 14.6. The van der Waals surface area contributed by atoms with E-state index >= 15 is 0 Å². The number of anilines is 1. The van der Waals surface area contributed by atoms with Crippen LogP contribution in [0.1, 0.15) is 18.1 Å². The van der Waals surface area contributed by atoms with Crippen LogP contribution in [0.15, 0.2) is 39.9 Å². The molecule has 0 fully saturated rings. The van der Waals surface area contributed by atoms with Gasteiger partial charge in [-0.2, -0.15) is 11.3 Å². The van der Waals surface area contributed by atoms with Crippen molar-refractivity contribution in [1.29, 1.82) is 0 Å². The lowest BCUT2D eigenvalue weighted by Crippen LogP contribution is -2.27. The normalized spacial score (nSPS) is 11.7. The molecule has 0 atom stereocenters. The topological polar surface area (TPSA) is 72.2 Å². The summed E-state index contributed by atoms with van der Waals surface area (Å²) in [6.45, 7) is 2.31. The van der Waals surface area contributed by atoms with Gasteiger partial charge in [0.2, 0.25) is 10.0 Å². The van der Waals surface area contributed by atoms with Crippen LogP contribution in [0.2, 0.25) is 0 Å². The summed E-state index contributed by atoms with van der Waals surface area (Å²) in [7, 11) is -3.51. The Kier molecular flexibility index (Phi) is 4.80. The van der Waals surface area contributed by atoms with Crippen LogP contribution < -0.4 is 10.5 Å². The summed E-state index contributed by atoms with van der Waals surface area (Å²) in [4.78, 5) is 0.283. The van der Waals surface area contributed by atoms with E-state index in [0.717, 1.165) is 11.1 Å². The molecule has 6 heteroatoms. The maximum atomic E-state index is 12.3. The molecule has 0 aliphatic carbocycles. The second kappa shape index (κ2) is 6.39. The van der Waals surface area contributed by atoms with Gasteiger partial charge in [-0.25, -0.2) is 13.1 Å². The van der Waals surface area contributed by atoms with Crippen LogP contribution in [-0.4, -0.2) is 15.0 Å². The Labute approximate surface area is 123 Å². The van der Waals surface area contributed by atoms with Crippen molar-refractivity contribution in [2.75, 3.05) is 12.3 Å². The molecule has 108 valence electrons. The number of nitrogens with two attached hydrogens (primary N) is 1. The van der Waals surface area contributed by atoms with Gasteiger partial charge in [0.1, 0.15) is 0 Å². The van der Waals surface area contributed by atoms with Crippen molar-refractivity contribution in [3.05, 3.63) is 46.2 Å². The van der Waals surface area contributed by atoms with E-state index in [2.05, 4.69) is 4.72 Å². The van der Waals surface area contributed by atoms with Gasteiger partial charge in [-0.1, -0.05) is 13.0 Å². The molecule has 0 radical (unpaired) electrons. The Hall–Kier alpha value is -1.37. The molecule has 20 heavy (non-hydrogen) atoms. The van der Waals surface area contributed by atoms with Crippen molar-refractivity contribution >= 4 is 27.0 Å². The van der Waals surface area contributed by atoms with Gasteiger partial charge >= 0.3 is 0 Å².